The van der Waals surface area contributed by atoms with Crippen LogP contribution in [0.5, 0.6) is 5.75 Å². The largest absolute Gasteiger partial charge is 0.482 e. The summed E-state index contributed by atoms with van der Waals surface area (Å²) >= 11 is 0. The number of piperidine rings is 1. The lowest BCUT2D eigenvalue weighted by molar-refractivity contribution is -0.928. The number of rotatable bonds is 8. The smallest absolute Gasteiger partial charge is 0.265 e. The number of amides is 2. The molecule has 0 spiro atoms. The molecule has 3 rings (SSSR count). The van der Waals surface area contributed by atoms with Crippen LogP contribution in [-0.4, -0.2) is 50.6 Å². The van der Waals surface area contributed by atoms with Crippen LogP contribution in [0.15, 0.2) is 18.2 Å². The van der Waals surface area contributed by atoms with Gasteiger partial charge in [0.05, 0.1) is 24.8 Å². The van der Waals surface area contributed by atoms with Crippen molar-refractivity contribution in [2.24, 2.45) is 0 Å². The topological polar surface area (TPSA) is 63.1 Å². The number of fused-ring (bicyclic) bond motifs is 1. The molecule has 0 saturated carbocycles. The molecule has 2 heterocycles. The van der Waals surface area contributed by atoms with Gasteiger partial charge in [-0.1, -0.05) is 6.07 Å². The number of anilines is 1. The zero-order valence-corrected chi connectivity index (χ0v) is 17.3. The minimum Gasteiger partial charge on any atom is -0.482 e. The van der Waals surface area contributed by atoms with E-state index in [1.807, 2.05) is 25.1 Å². The van der Waals surface area contributed by atoms with Crippen LogP contribution in [0.2, 0.25) is 0 Å². The summed E-state index contributed by atoms with van der Waals surface area (Å²) in [6.07, 6.45) is 6.13. The number of hydrogen-bond donors (Lipinski definition) is 2. The molecular formula is C22H34N3O3+. The highest BCUT2D eigenvalue weighted by Crippen LogP contribution is 2.32. The van der Waals surface area contributed by atoms with Gasteiger partial charge >= 0.3 is 0 Å². The SMILES string of the molecule is Cc1ccc2c(c1)N(CCCC(=O)NCCC[NH+]1CCCC[C@@H]1C)C(=O)CO2. The van der Waals surface area contributed by atoms with Crippen molar-refractivity contribution in [2.45, 2.75) is 58.4 Å². The van der Waals surface area contributed by atoms with Gasteiger partial charge in [0.15, 0.2) is 6.61 Å². The van der Waals surface area contributed by atoms with Crippen molar-refractivity contribution in [1.29, 1.82) is 0 Å². The van der Waals surface area contributed by atoms with Gasteiger partial charge in [0.25, 0.3) is 5.91 Å². The maximum atomic E-state index is 12.2. The number of quaternary nitrogens is 1. The molecule has 0 aromatic heterocycles. The first-order valence-corrected chi connectivity index (χ1v) is 10.7. The van der Waals surface area contributed by atoms with E-state index in [0.29, 0.717) is 19.4 Å². The van der Waals surface area contributed by atoms with Crippen LogP contribution in [0.1, 0.15) is 51.0 Å². The van der Waals surface area contributed by atoms with E-state index >= 15 is 0 Å². The van der Waals surface area contributed by atoms with Gasteiger partial charge in [-0.3, -0.25) is 9.59 Å². The molecule has 2 aliphatic rings. The summed E-state index contributed by atoms with van der Waals surface area (Å²) in [5, 5.41) is 3.03. The fourth-order valence-corrected chi connectivity index (χ4v) is 4.21. The molecule has 1 saturated heterocycles. The number of aryl methyl sites for hydroxylation is 1. The maximum absolute atomic E-state index is 12.2. The average molecular weight is 389 g/mol. The van der Waals surface area contributed by atoms with E-state index in [-0.39, 0.29) is 18.4 Å². The number of nitrogens with zero attached hydrogens (tertiary/aromatic N) is 1. The second-order valence-electron chi connectivity index (χ2n) is 8.17. The first-order valence-electron chi connectivity index (χ1n) is 10.7. The molecule has 1 aromatic carbocycles. The number of hydrogen-bond acceptors (Lipinski definition) is 3. The predicted molar refractivity (Wildman–Crippen MR) is 110 cm³/mol. The number of carbonyl (C=O) groups excluding carboxylic acids is 2. The maximum Gasteiger partial charge on any atom is 0.265 e. The zero-order chi connectivity index (χ0) is 19.9. The summed E-state index contributed by atoms with van der Waals surface area (Å²) in [7, 11) is 0. The normalized spacial score (nSPS) is 21.8. The number of carbonyl (C=O) groups is 2. The molecule has 1 aromatic rings. The van der Waals surface area contributed by atoms with E-state index in [2.05, 4.69) is 12.2 Å². The van der Waals surface area contributed by atoms with Crippen molar-refractivity contribution < 1.29 is 19.2 Å². The molecule has 2 N–H and O–H groups in total. The van der Waals surface area contributed by atoms with Gasteiger partial charge < -0.3 is 19.9 Å². The van der Waals surface area contributed by atoms with E-state index in [0.717, 1.165) is 42.6 Å². The van der Waals surface area contributed by atoms with E-state index < -0.39 is 0 Å². The number of nitrogens with one attached hydrogen (secondary N) is 2. The van der Waals surface area contributed by atoms with Crippen molar-refractivity contribution in [3.05, 3.63) is 23.8 Å². The molecule has 28 heavy (non-hydrogen) atoms. The lowest BCUT2D eigenvalue weighted by Gasteiger charge is -2.30. The lowest BCUT2D eigenvalue weighted by Crippen LogP contribution is -3.16. The van der Waals surface area contributed by atoms with E-state index in [9.17, 15) is 9.59 Å². The van der Waals surface area contributed by atoms with E-state index in [4.69, 9.17) is 4.74 Å². The van der Waals surface area contributed by atoms with Gasteiger partial charge in [-0.05, 0) is 57.2 Å². The number of benzene rings is 1. The van der Waals surface area contributed by atoms with Gasteiger partial charge in [0.1, 0.15) is 5.75 Å². The average Bonchev–Trinajstić information content (AvgIpc) is 2.68. The van der Waals surface area contributed by atoms with E-state index in [1.54, 1.807) is 9.80 Å². The molecule has 0 bridgehead atoms. The number of ether oxygens (including phenoxy) is 1. The third kappa shape index (κ3) is 5.47. The molecule has 6 heteroatoms. The minimum atomic E-state index is -0.0443. The standard InChI is InChI=1S/C22H33N3O3/c1-17-9-10-20-19(15-17)25(22(27)16-28-20)14-5-8-21(26)23-11-6-13-24-12-4-3-7-18(24)2/h9-10,15,18H,3-8,11-14,16H2,1-2H3,(H,23,26)/p+1/t18-/m0/s1. The van der Waals surface area contributed by atoms with Gasteiger partial charge in [0, 0.05) is 25.9 Å². The summed E-state index contributed by atoms with van der Waals surface area (Å²) < 4.78 is 5.50. The molecule has 1 unspecified atom stereocenters. The first kappa shape index (κ1) is 20.6. The monoisotopic (exact) mass is 388 g/mol. The Bertz CT molecular complexity index is 692. The molecule has 1 fully saturated rings. The van der Waals surface area contributed by atoms with Crippen LogP contribution in [0.3, 0.4) is 0 Å². The second-order valence-corrected chi connectivity index (χ2v) is 8.17. The Morgan fingerprint density at radius 2 is 2.18 bits per heavy atom. The third-order valence-electron chi connectivity index (χ3n) is 5.92. The lowest BCUT2D eigenvalue weighted by atomic mass is 10.0. The van der Waals surface area contributed by atoms with Crippen LogP contribution in [0.25, 0.3) is 0 Å². The Kier molecular flexibility index (Phi) is 7.31. The summed E-state index contributed by atoms with van der Waals surface area (Å²) in [5.41, 5.74) is 1.90. The predicted octanol–water partition coefficient (Wildman–Crippen LogP) is 1.46. The summed E-state index contributed by atoms with van der Waals surface area (Å²) in [6, 6.07) is 6.60. The molecule has 0 aliphatic carbocycles. The molecular weight excluding hydrogens is 354 g/mol. The quantitative estimate of drug-likeness (QED) is 0.663. The zero-order valence-electron chi connectivity index (χ0n) is 17.3. The third-order valence-corrected chi connectivity index (χ3v) is 5.92. The fraction of sp³-hybridized carbons (Fsp3) is 0.636. The van der Waals surface area contributed by atoms with Crippen LogP contribution in [-0.2, 0) is 9.59 Å². The Labute approximate surface area is 168 Å². The van der Waals surface area contributed by atoms with Crippen LogP contribution >= 0.6 is 0 Å². The van der Waals surface area contributed by atoms with Gasteiger partial charge in [0.2, 0.25) is 5.91 Å². The van der Waals surface area contributed by atoms with Crippen LogP contribution in [0, 0.1) is 6.92 Å². The van der Waals surface area contributed by atoms with Crippen LogP contribution < -0.4 is 19.9 Å². The van der Waals surface area contributed by atoms with Gasteiger partial charge in [-0.15, -0.1) is 0 Å². The first-order chi connectivity index (χ1) is 13.5. The molecule has 0 radical (unpaired) electrons. The molecule has 154 valence electrons. The number of likely N-dealkylation sites (tertiary alicyclic amines) is 1. The summed E-state index contributed by atoms with van der Waals surface area (Å²) in [5.74, 6) is 0.771. The highest BCUT2D eigenvalue weighted by atomic mass is 16.5. The van der Waals surface area contributed by atoms with Crippen molar-refractivity contribution in [1.82, 2.24) is 5.32 Å². The Morgan fingerprint density at radius 1 is 1.32 bits per heavy atom. The Morgan fingerprint density at radius 3 is 3.00 bits per heavy atom. The van der Waals surface area contributed by atoms with Crippen molar-refractivity contribution >= 4 is 17.5 Å². The fourth-order valence-electron chi connectivity index (χ4n) is 4.21. The second kappa shape index (κ2) is 9.92. The minimum absolute atomic E-state index is 0.0443. The molecule has 2 atom stereocenters. The Balaban J connectivity index is 1.36. The van der Waals surface area contributed by atoms with Crippen molar-refractivity contribution in [2.75, 3.05) is 37.7 Å². The highest BCUT2D eigenvalue weighted by molar-refractivity contribution is 5.97. The van der Waals surface area contributed by atoms with Crippen molar-refractivity contribution in [3.63, 3.8) is 0 Å². The van der Waals surface area contributed by atoms with Gasteiger partial charge in [-0.25, -0.2) is 0 Å². The molecule has 6 nitrogen and oxygen atoms in total. The summed E-state index contributed by atoms with van der Waals surface area (Å²) in [6.45, 7) is 8.09. The van der Waals surface area contributed by atoms with Crippen LogP contribution in [0.4, 0.5) is 5.69 Å². The summed E-state index contributed by atoms with van der Waals surface area (Å²) in [4.78, 5) is 27.8. The van der Waals surface area contributed by atoms with Gasteiger partial charge in [-0.2, -0.15) is 0 Å². The van der Waals surface area contributed by atoms with E-state index in [1.165, 1.54) is 25.8 Å². The van der Waals surface area contributed by atoms with Crippen molar-refractivity contribution in [3.8, 4) is 5.75 Å². The molecule has 2 amide bonds. The highest BCUT2D eigenvalue weighted by Gasteiger charge is 2.25. The molecule has 2 aliphatic heterocycles. The Hall–Kier alpha value is -2.08.